The van der Waals surface area contributed by atoms with Crippen LogP contribution in [0.25, 0.3) is 0 Å². The van der Waals surface area contributed by atoms with Gasteiger partial charge in [0.15, 0.2) is 0 Å². The van der Waals surface area contributed by atoms with Crippen molar-refractivity contribution in [2.75, 3.05) is 0 Å². The lowest BCUT2D eigenvalue weighted by Gasteiger charge is -2.45. The zero-order valence-corrected chi connectivity index (χ0v) is 19.6. The average molecular weight is 433 g/mol. The van der Waals surface area contributed by atoms with Gasteiger partial charge in [0.05, 0.1) is 0 Å². The molecule has 0 bridgehead atoms. The van der Waals surface area contributed by atoms with Crippen LogP contribution in [0.4, 0.5) is 0 Å². The summed E-state index contributed by atoms with van der Waals surface area (Å²) in [5.41, 5.74) is -3.65. The van der Waals surface area contributed by atoms with Crippen molar-refractivity contribution in [1.29, 1.82) is 0 Å². The van der Waals surface area contributed by atoms with Crippen molar-refractivity contribution in [3.05, 3.63) is 0 Å². The van der Waals surface area contributed by atoms with E-state index in [-0.39, 0.29) is 5.92 Å². The van der Waals surface area contributed by atoms with Crippen LogP contribution in [0.2, 0.25) is 0 Å². The number of carbonyl (C=O) groups is 2. The van der Waals surface area contributed by atoms with Gasteiger partial charge in [-0.3, -0.25) is 5.26 Å². The Morgan fingerprint density at radius 1 is 1.13 bits per heavy atom. The van der Waals surface area contributed by atoms with Gasteiger partial charge in [0.25, 0.3) is 0 Å². The fourth-order valence-corrected chi connectivity index (χ4v) is 4.45. The molecular formula is C22H40O8. The molecule has 0 aromatic carbocycles. The lowest BCUT2D eigenvalue weighted by molar-refractivity contribution is -0.502. The van der Waals surface area contributed by atoms with Crippen molar-refractivity contribution in [1.82, 2.24) is 0 Å². The second-order valence-corrected chi connectivity index (χ2v) is 8.90. The van der Waals surface area contributed by atoms with Gasteiger partial charge in [-0.05, 0) is 44.9 Å². The first-order chi connectivity index (χ1) is 14.1. The van der Waals surface area contributed by atoms with Crippen molar-refractivity contribution in [2.45, 2.75) is 117 Å². The molecule has 1 N–H and O–H groups in total. The van der Waals surface area contributed by atoms with Crippen LogP contribution in [-0.4, -0.2) is 34.5 Å². The number of hydrogen-bond donors (Lipinski definition) is 1. The summed E-state index contributed by atoms with van der Waals surface area (Å²) in [6, 6.07) is 0. The Labute approximate surface area is 180 Å². The van der Waals surface area contributed by atoms with Gasteiger partial charge in [0.1, 0.15) is 17.1 Å². The minimum atomic E-state index is -1.27. The van der Waals surface area contributed by atoms with Crippen molar-refractivity contribution in [3.8, 4) is 0 Å². The third-order valence-corrected chi connectivity index (χ3v) is 6.41. The summed E-state index contributed by atoms with van der Waals surface area (Å²) in [5.74, 6) is -1.37. The van der Waals surface area contributed by atoms with Crippen LogP contribution >= 0.6 is 0 Å². The minimum absolute atomic E-state index is 0.156. The normalized spacial score (nSPS) is 25.2. The Kier molecular flexibility index (Phi) is 10.2. The Morgan fingerprint density at radius 3 is 2.20 bits per heavy atom. The van der Waals surface area contributed by atoms with Gasteiger partial charge in [-0.1, -0.05) is 60.8 Å². The molecule has 1 saturated heterocycles. The molecule has 0 amide bonds. The van der Waals surface area contributed by atoms with Gasteiger partial charge in [-0.2, -0.15) is 0 Å². The average Bonchev–Trinajstić information content (AvgIpc) is 2.70. The second kappa shape index (κ2) is 11.4. The summed E-state index contributed by atoms with van der Waals surface area (Å²) in [5, 5.41) is 9.78. The third-order valence-electron chi connectivity index (χ3n) is 6.41. The molecule has 0 aromatic heterocycles. The summed E-state index contributed by atoms with van der Waals surface area (Å²) < 4.78 is 0. The molecule has 0 aliphatic carbocycles. The lowest BCUT2D eigenvalue weighted by atomic mass is 9.65. The lowest BCUT2D eigenvalue weighted by Crippen LogP contribution is -2.62. The van der Waals surface area contributed by atoms with E-state index in [2.05, 4.69) is 0 Å². The number of rotatable bonds is 13. The number of unbranched alkanes of at least 4 members (excludes halogenated alkanes) is 1. The third kappa shape index (κ3) is 5.15. The largest absolute Gasteiger partial charge is 0.393 e. The van der Waals surface area contributed by atoms with E-state index < -0.39 is 34.7 Å². The van der Waals surface area contributed by atoms with Crippen LogP contribution in [0.15, 0.2) is 0 Å². The number of hydrogen-bond acceptors (Lipinski definition) is 8. The topological polar surface area (TPSA) is 101 Å². The molecule has 8 heteroatoms. The van der Waals surface area contributed by atoms with Crippen molar-refractivity contribution >= 4 is 11.9 Å². The molecule has 4 atom stereocenters. The first-order valence-corrected chi connectivity index (χ1v) is 11.2. The monoisotopic (exact) mass is 432 g/mol. The summed E-state index contributed by atoms with van der Waals surface area (Å²) in [6.45, 7) is 13.3. The van der Waals surface area contributed by atoms with Gasteiger partial charge >= 0.3 is 11.9 Å². The number of carbonyl (C=O) groups excluding carboxylic acids is 2. The highest BCUT2D eigenvalue weighted by Gasteiger charge is 2.60. The maximum atomic E-state index is 13.3. The van der Waals surface area contributed by atoms with E-state index in [1.165, 1.54) is 0 Å². The van der Waals surface area contributed by atoms with E-state index >= 15 is 0 Å². The zero-order chi connectivity index (χ0) is 23.0. The van der Waals surface area contributed by atoms with Gasteiger partial charge in [-0.15, -0.1) is 0 Å². The summed E-state index contributed by atoms with van der Waals surface area (Å²) in [6.07, 6.45) is 4.09. The first kappa shape index (κ1) is 26.8. The van der Waals surface area contributed by atoms with Crippen LogP contribution < -0.4 is 0 Å². The minimum Gasteiger partial charge on any atom is -0.251 e. The van der Waals surface area contributed by atoms with E-state index in [4.69, 9.17) is 24.4 Å². The smallest absolute Gasteiger partial charge is 0.251 e. The van der Waals surface area contributed by atoms with E-state index in [0.717, 1.165) is 19.3 Å². The summed E-state index contributed by atoms with van der Waals surface area (Å²) in [7, 11) is 0. The van der Waals surface area contributed by atoms with E-state index in [1.54, 1.807) is 13.8 Å². The van der Waals surface area contributed by atoms with Crippen LogP contribution in [0.5, 0.6) is 0 Å². The van der Waals surface area contributed by atoms with Crippen LogP contribution in [0.3, 0.4) is 0 Å². The van der Waals surface area contributed by atoms with Crippen molar-refractivity contribution in [3.63, 3.8) is 0 Å². The molecule has 1 aliphatic rings. The molecule has 0 radical (unpaired) electrons. The maximum Gasteiger partial charge on any atom is 0.393 e. The highest BCUT2D eigenvalue weighted by Crippen LogP contribution is 2.47. The van der Waals surface area contributed by atoms with Crippen LogP contribution in [0, 0.1) is 11.3 Å². The fourth-order valence-electron chi connectivity index (χ4n) is 4.45. The molecule has 0 saturated carbocycles. The van der Waals surface area contributed by atoms with Gasteiger partial charge < -0.3 is 0 Å². The molecule has 8 nitrogen and oxygen atoms in total. The quantitative estimate of drug-likeness (QED) is 0.315. The molecule has 1 heterocycles. The predicted molar refractivity (Wildman–Crippen MR) is 110 cm³/mol. The second-order valence-electron chi connectivity index (χ2n) is 8.90. The molecule has 30 heavy (non-hydrogen) atoms. The molecule has 0 aromatic rings. The summed E-state index contributed by atoms with van der Waals surface area (Å²) >= 11 is 0. The SMILES string of the molecule is CCCCC(CC)(C(=O)OOC(=O)C1(CC)OOC1CCC)C(C)(CC(C)C)OO. The van der Waals surface area contributed by atoms with Crippen molar-refractivity contribution < 1.29 is 39.3 Å². The molecule has 1 fully saturated rings. The van der Waals surface area contributed by atoms with Crippen molar-refractivity contribution in [2.24, 2.45) is 11.3 Å². The molecule has 4 unspecified atom stereocenters. The van der Waals surface area contributed by atoms with E-state index in [0.29, 0.717) is 32.1 Å². The van der Waals surface area contributed by atoms with Gasteiger partial charge in [-0.25, -0.2) is 34.0 Å². The molecule has 0 spiro atoms. The molecule has 176 valence electrons. The standard InChI is InChI=1S/C22H40O8/c1-8-12-14-21(10-3,20(7,29-25)15-16(5)6)18(23)27-28-19(24)22(11-4)17(13-9-2)26-30-22/h16-17,25H,8-15H2,1-7H3. The van der Waals surface area contributed by atoms with Crippen LogP contribution in [-0.2, 0) is 34.0 Å². The molecule has 1 rings (SSSR count). The highest BCUT2D eigenvalue weighted by atomic mass is 17.3. The molecule has 1 aliphatic heterocycles. The first-order valence-electron chi connectivity index (χ1n) is 11.2. The van der Waals surface area contributed by atoms with E-state index in [1.807, 2.05) is 34.6 Å². The summed E-state index contributed by atoms with van der Waals surface area (Å²) in [4.78, 5) is 51.1. The Bertz CT molecular complexity index is 561. The van der Waals surface area contributed by atoms with E-state index in [9.17, 15) is 14.8 Å². The predicted octanol–water partition coefficient (Wildman–Crippen LogP) is 5.15. The maximum absolute atomic E-state index is 13.3. The Morgan fingerprint density at radius 2 is 1.80 bits per heavy atom. The zero-order valence-electron chi connectivity index (χ0n) is 19.6. The molecular weight excluding hydrogens is 392 g/mol. The fraction of sp³-hybridized carbons (Fsp3) is 0.909. The van der Waals surface area contributed by atoms with Crippen LogP contribution in [0.1, 0.15) is 99.8 Å². The Hall–Kier alpha value is -1.22. The Balaban J connectivity index is 3.06. The highest BCUT2D eigenvalue weighted by molar-refractivity contribution is 5.83. The van der Waals surface area contributed by atoms with Gasteiger partial charge in [0, 0.05) is 0 Å². The van der Waals surface area contributed by atoms with Gasteiger partial charge in [0.2, 0.25) is 5.60 Å².